The number of carbonyl (C=O) groups is 1. The maximum Gasteiger partial charge on any atom is 0.252 e. The monoisotopic (exact) mass is 468 g/mol. The molecule has 0 saturated heterocycles. The van der Waals surface area contributed by atoms with Gasteiger partial charge in [-0.2, -0.15) is 0 Å². The number of amides is 1. The average Bonchev–Trinajstić information content (AvgIpc) is 2.82. The van der Waals surface area contributed by atoms with E-state index in [0.29, 0.717) is 35.2 Å². The third-order valence-electron chi connectivity index (χ3n) is 5.96. The number of hydrogen-bond acceptors (Lipinski definition) is 4. The zero-order chi connectivity index (χ0) is 23.4. The molecule has 172 valence electrons. The second-order valence-corrected chi connectivity index (χ2v) is 8.37. The summed E-state index contributed by atoms with van der Waals surface area (Å²) in [5.74, 6) is 0.804. The lowest BCUT2D eigenvalue weighted by Gasteiger charge is -2.38. The summed E-state index contributed by atoms with van der Waals surface area (Å²) in [6.07, 6.45) is 0.806. The Kier molecular flexibility index (Phi) is 7.16. The van der Waals surface area contributed by atoms with Crippen molar-refractivity contribution in [3.63, 3.8) is 0 Å². The normalized spacial score (nSPS) is 15.6. The average molecular weight is 469 g/mol. The largest absolute Gasteiger partial charge is 0.493 e. The summed E-state index contributed by atoms with van der Waals surface area (Å²) < 4.78 is 24.8. The molecule has 0 aromatic heterocycles. The van der Waals surface area contributed by atoms with Crippen LogP contribution in [0.1, 0.15) is 33.1 Å². The second kappa shape index (κ2) is 10.2. The van der Waals surface area contributed by atoms with E-state index < -0.39 is 0 Å². The Morgan fingerprint density at radius 2 is 1.85 bits per heavy atom. The molecule has 1 atom stereocenters. The molecule has 0 radical (unpaired) electrons. The Hall–Kier alpha value is -3.09. The van der Waals surface area contributed by atoms with Crippen molar-refractivity contribution in [2.75, 3.05) is 27.3 Å². The van der Waals surface area contributed by atoms with Gasteiger partial charge in [0.25, 0.3) is 5.91 Å². The molecular formula is C26H26ClFN2O3. The van der Waals surface area contributed by atoms with Crippen LogP contribution in [0.25, 0.3) is 0 Å². The van der Waals surface area contributed by atoms with Crippen LogP contribution in [0.5, 0.6) is 11.5 Å². The van der Waals surface area contributed by atoms with Gasteiger partial charge in [0.1, 0.15) is 5.82 Å². The van der Waals surface area contributed by atoms with E-state index >= 15 is 0 Å². The van der Waals surface area contributed by atoms with Gasteiger partial charge >= 0.3 is 0 Å². The number of halogens is 2. The van der Waals surface area contributed by atoms with Gasteiger partial charge in [-0.3, -0.25) is 9.69 Å². The van der Waals surface area contributed by atoms with Crippen LogP contribution in [0, 0.1) is 5.82 Å². The fraction of sp³-hybridized carbons (Fsp3) is 0.269. The van der Waals surface area contributed by atoms with Crippen molar-refractivity contribution in [2.24, 2.45) is 0 Å². The highest BCUT2D eigenvalue weighted by Gasteiger charge is 2.30. The van der Waals surface area contributed by atoms with Crippen LogP contribution < -0.4 is 14.8 Å². The third-order valence-corrected chi connectivity index (χ3v) is 6.29. The zero-order valence-corrected chi connectivity index (χ0v) is 19.4. The van der Waals surface area contributed by atoms with E-state index in [1.807, 2.05) is 18.2 Å². The molecule has 3 aromatic rings. The summed E-state index contributed by atoms with van der Waals surface area (Å²) in [5, 5.41) is 3.44. The van der Waals surface area contributed by atoms with E-state index in [4.69, 9.17) is 21.1 Å². The molecule has 5 nitrogen and oxygen atoms in total. The van der Waals surface area contributed by atoms with Gasteiger partial charge in [0.05, 0.1) is 30.8 Å². The predicted molar refractivity (Wildman–Crippen MR) is 127 cm³/mol. The number of carbonyl (C=O) groups excluding carboxylic acids is 1. The molecule has 7 heteroatoms. The molecule has 33 heavy (non-hydrogen) atoms. The highest BCUT2D eigenvalue weighted by Crippen LogP contribution is 2.38. The summed E-state index contributed by atoms with van der Waals surface area (Å²) in [4.78, 5) is 15.1. The van der Waals surface area contributed by atoms with Gasteiger partial charge in [-0.25, -0.2) is 4.39 Å². The van der Waals surface area contributed by atoms with Crippen LogP contribution in [-0.2, 0) is 13.0 Å². The molecule has 4 rings (SSSR count). The first kappa shape index (κ1) is 23.1. The third kappa shape index (κ3) is 5.13. The van der Waals surface area contributed by atoms with Crippen LogP contribution >= 0.6 is 11.6 Å². The first-order valence-electron chi connectivity index (χ1n) is 10.8. The molecule has 0 spiro atoms. The molecule has 1 aliphatic rings. The van der Waals surface area contributed by atoms with Crippen LogP contribution in [0.4, 0.5) is 4.39 Å². The maximum absolute atomic E-state index is 13.8. The van der Waals surface area contributed by atoms with Gasteiger partial charge in [-0.15, -0.1) is 0 Å². The van der Waals surface area contributed by atoms with E-state index in [-0.39, 0.29) is 17.8 Å². The number of nitrogens with zero attached hydrogens (tertiary/aromatic N) is 1. The fourth-order valence-corrected chi connectivity index (χ4v) is 4.53. The molecule has 0 fully saturated rings. The topological polar surface area (TPSA) is 50.8 Å². The van der Waals surface area contributed by atoms with E-state index in [0.717, 1.165) is 29.7 Å². The summed E-state index contributed by atoms with van der Waals surface area (Å²) in [6, 6.07) is 17.4. The van der Waals surface area contributed by atoms with Crippen LogP contribution in [-0.4, -0.2) is 38.1 Å². The van der Waals surface area contributed by atoms with Crippen molar-refractivity contribution < 1.29 is 18.7 Å². The van der Waals surface area contributed by atoms with Crippen molar-refractivity contribution in [3.8, 4) is 11.5 Å². The molecule has 1 amide bonds. The van der Waals surface area contributed by atoms with Gasteiger partial charge < -0.3 is 14.8 Å². The highest BCUT2D eigenvalue weighted by molar-refractivity contribution is 6.33. The van der Waals surface area contributed by atoms with E-state index in [9.17, 15) is 9.18 Å². The minimum atomic E-state index is -0.264. The first-order valence-corrected chi connectivity index (χ1v) is 11.1. The molecular weight excluding hydrogens is 443 g/mol. The van der Waals surface area contributed by atoms with E-state index in [1.165, 1.54) is 6.07 Å². The van der Waals surface area contributed by atoms with Crippen molar-refractivity contribution in [1.29, 1.82) is 0 Å². The van der Waals surface area contributed by atoms with Crippen LogP contribution in [0.15, 0.2) is 60.7 Å². The number of hydrogen-bond donors (Lipinski definition) is 1. The molecule has 1 N–H and O–H groups in total. The van der Waals surface area contributed by atoms with Crippen molar-refractivity contribution in [1.82, 2.24) is 10.2 Å². The lowest BCUT2D eigenvalue weighted by Crippen LogP contribution is -2.41. The minimum Gasteiger partial charge on any atom is -0.493 e. The van der Waals surface area contributed by atoms with Gasteiger partial charge in [0.15, 0.2) is 11.5 Å². The molecule has 0 saturated carbocycles. The number of ether oxygens (including phenoxy) is 2. The zero-order valence-electron chi connectivity index (χ0n) is 18.6. The lowest BCUT2D eigenvalue weighted by molar-refractivity contribution is 0.0926. The lowest BCUT2D eigenvalue weighted by atomic mass is 9.91. The summed E-state index contributed by atoms with van der Waals surface area (Å²) in [6.45, 7) is 1.67. The van der Waals surface area contributed by atoms with Gasteiger partial charge in [-0.1, -0.05) is 35.9 Å². The summed E-state index contributed by atoms with van der Waals surface area (Å²) >= 11 is 6.21. The maximum atomic E-state index is 13.8. The second-order valence-electron chi connectivity index (χ2n) is 7.96. The fourth-order valence-electron chi connectivity index (χ4n) is 4.31. The molecule has 0 bridgehead atoms. The number of nitrogens with one attached hydrogen (secondary N) is 1. The van der Waals surface area contributed by atoms with Crippen molar-refractivity contribution in [2.45, 2.75) is 19.0 Å². The number of rotatable bonds is 7. The van der Waals surface area contributed by atoms with E-state index in [1.54, 1.807) is 50.6 Å². The highest BCUT2D eigenvalue weighted by atomic mass is 35.5. The summed E-state index contributed by atoms with van der Waals surface area (Å²) in [7, 11) is 3.22. The van der Waals surface area contributed by atoms with Crippen LogP contribution in [0.2, 0.25) is 5.02 Å². The molecule has 3 aromatic carbocycles. The Bertz CT molecular complexity index is 1150. The number of fused-ring (bicyclic) bond motifs is 1. The standard InChI is InChI=1S/C26H26ClFN2O3/c1-32-24-13-18-10-11-30(16-17-6-5-7-19(28)12-17)23(21(18)14-25(24)33-2)15-29-26(31)20-8-3-4-9-22(20)27/h3-9,12-14,23H,10-11,15-16H2,1-2H3,(H,29,31)/t23-/m1/s1. The minimum absolute atomic E-state index is 0.136. The summed E-state index contributed by atoms with van der Waals surface area (Å²) in [5.41, 5.74) is 3.50. The van der Waals surface area contributed by atoms with E-state index in [2.05, 4.69) is 10.2 Å². The van der Waals surface area contributed by atoms with Gasteiger partial charge in [0, 0.05) is 19.6 Å². The number of benzene rings is 3. The Morgan fingerprint density at radius 1 is 1.09 bits per heavy atom. The van der Waals surface area contributed by atoms with Crippen LogP contribution in [0.3, 0.4) is 0 Å². The molecule has 1 heterocycles. The molecule has 0 aliphatic carbocycles. The first-order chi connectivity index (χ1) is 16.0. The smallest absolute Gasteiger partial charge is 0.252 e. The van der Waals surface area contributed by atoms with Crippen molar-refractivity contribution >= 4 is 17.5 Å². The SMILES string of the molecule is COc1cc2c(cc1OC)[C@@H](CNC(=O)c1ccccc1Cl)N(Cc1cccc(F)c1)CC2. The van der Waals surface area contributed by atoms with Crippen molar-refractivity contribution in [3.05, 3.63) is 93.8 Å². The van der Waals surface area contributed by atoms with Gasteiger partial charge in [-0.05, 0) is 59.5 Å². The Morgan fingerprint density at radius 3 is 2.58 bits per heavy atom. The molecule has 1 aliphatic heterocycles. The quantitative estimate of drug-likeness (QED) is 0.528. The Labute approximate surface area is 198 Å². The predicted octanol–water partition coefficient (Wildman–Crippen LogP) is 5.03. The number of methoxy groups -OCH3 is 2. The van der Waals surface area contributed by atoms with Gasteiger partial charge in [0.2, 0.25) is 0 Å². The Balaban J connectivity index is 1.64. The molecule has 0 unspecified atom stereocenters.